The minimum atomic E-state index is -3.59. The first kappa shape index (κ1) is 13.6. The second-order valence-electron chi connectivity index (χ2n) is 3.97. The molecule has 0 radical (unpaired) electrons. The minimum absolute atomic E-state index is 0.0649. The Morgan fingerprint density at radius 3 is 2.79 bits per heavy atom. The van der Waals surface area contributed by atoms with Crippen LogP contribution in [0, 0.1) is 6.92 Å². The maximum absolute atomic E-state index is 12.0. The van der Waals surface area contributed by atoms with Gasteiger partial charge in [0.2, 0.25) is 0 Å². The summed E-state index contributed by atoms with van der Waals surface area (Å²) in [5.74, 6) is 1.24. The average Bonchev–Trinajstić information content (AvgIpc) is 2.86. The minimum Gasteiger partial charge on any atom is -0.332 e. The summed E-state index contributed by atoms with van der Waals surface area (Å²) in [7, 11) is -3.59. The summed E-state index contributed by atoms with van der Waals surface area (Å²) in [5.41, 5.74) is 0.617. The highest BCUT2D eigenvalue weighted by atomic mass is 32.2. The number of sulfonamides is 1. The van der Waals surface area contributed by atoms with E-state index in [4.69, 9.17) is 0 Å². The van der Waals surface area contributed by atoms with Crippen LogP contribution in [0.3, 0.4) is 0 Å². The molecule has 0 aromatic carbocycles. The Kier molecular flexibility index (Phi) is 3.91. The predicted octanol–water partition coefficient (Wildman–Crippen LogP) is 0.549. The number of aromatic amines is 1. The van der Waals surface area contributed by atoms with E-state index in [1.807, 2.05) is 6.92 Å². The van der Waals surface area contributed by atoms with Gasteiger partial charge in [-0.2, -0.15) is 0 Å². The van der Waals surface area contributed by atoms with Crippen molar-refractivity contribution in [3.63, 3.8) is 0 Å². The normalized spacial score (nSPS) is 11.7. The van der Waals surface area contributed by atoms with Crippen molar-refractivity contribution < 1.29 is 8.42 Å². The first-order valence-corrected chi connectivity index (χ1v) is 7.31. The molecule has 2 aromatic heterocycles. The molecule has 0 aliphatic heterocycles. The number of H-pyrrole nitrogens is 1. The van der Waals surface area contributed by atoms with E-state index in [1.165, 1.54) is 6.20 Å². The van der Waals surface area contributed by atoms with Gasteiger partial charge in [-0.3, -0.25) is 0 Å². The second kappa shape index (κ2) is 5.45. The fraction of sp³-hybridized carbons (Fsp3) is 0.364. The Hall–Kier alpha value is -1.80. The first-order valence-electron chi connectivity index (χ1n) is 5.83. The van der Waals surface area contributed by atoms with Crippen molar-refractivity contribution in [1.29, 1.82) is 0 Å². The summed E-state index contributed by atoms with van der Waals surface area (Å²) in [5, 5.41) is 0.0649. The molecule has 2 aromatic rings. The van der Waals surface area contributed by atoms with Crippen molar-refractivity contribution in [2.75, 3.05) is 0 Å². The number of nitrogens with zero attached hydrogens (tertiary/aromatic N) is 3. The van der Waals surface area contributed by atoms with Gasteiger partial charge in [0.1, 0.15) is 11.6 Å². The molecule has 7 nitrogen and oxygen atoms in total. The fourth-order valence-electron chi connectivity index (χ4n) is 1.51. The van der Waals surface area contributed by atoms with Crippen LogP contribution in [0.15, 0.2) is 23.5 Å². The topological polar surface area (TPSA) is 101 Å². The summed E-state index contributed by atoms with van der Waals surface area (Å²) < 4.78 is 26.5. The van der Waals surface area contributed by atoms with Gasteiger partial charge < -0.3 is 4.98 Å². The van der Waals surface area contributed by atoms with Crippen LogP contribution in [0.1, 0.15) is 24.3 Å². The number of aryl methyl sites for hydroxylation is 2. The molecule has 0 atom stereocenters. The summed E-state index contributed by atoms with van der Waals surface area (Å²) >= 11 is 0. The van der Waals surface area contributed by atoms with Gasteiger partial charge in [-0.05, 0) is 13.0 Å². The highest BCUT2D eigenvalue weighted by Crippen LogP contribution is 2.06. The third kappa shape index (κ3) is 3.36. The van der Waals surface area contributed by atoms with Crippen LogP contribution in [0.5, 0.6) is 0 Å². The zero-order chi connectivity index (χ0) is 13.9. The van der Waals surface area contributed by atoms with Crippen LogP contribution in [0.2, 0.25) is 0 Å². The Morgan fingerprint density at radius 1 is 1.37 bits per heavy atom. The lowest BCUT2D eigenvalue weighted by molar-refractivity contribution is 0.576. The zero-order valence-electron chi connectivity index (χ0n) is 10.7. The monoisotopic (exact) mass is 281 g/mol. The van der Waals surface area contributed by atoms with Gasteiger partial charge in [-0.25, -0.2) is 28.1 Å². The SMILES string of the molecule is CCc1ncc(S(=O)(=O)NCc2ccnc(C)n2)[nH]1. The van der Waals surface area contributed by atoms with Crippen LogP contribution in [-0.4, -0.2) is 28.4 Å². The maximum atomic E-state index is 12.0. The lowest BCUT2D eigenvalue weighted by atomic mass is 10.4. The zero-order valence-corrected chi connectivity index (χ0v) is 11.5. The number of rotatable bonds is 5. The van der Waals surface area contributed by atoms with E-state index in [0.717, 1.165) is 0 Å². The van der Waals surface area contributed by atoms with Crippen molar-refractivity contribution in [2.24, 2.45) is 0 Å². The van der Waals surface area contributed by atoms with E-state index in [0.29, 0.717) is 23.8 Å². The van der Waals surface area contributed by atoms with Crippen molar-refractivity contribution in [2.45, 2.75) is 31.8 Å². The molecule has 0 unspecified atom stereocenters. The van der Waals surface area contributed by atoms with Gasteiger partial charge in [0, 0.05) is 12.6 Å². The molecule has 0 aliphatic rings. The van der Waals surface area contributed by atoms with Gasteiger partial charge in [0.25, 0.3) is 10.0 Å². The van der Waals surface area contributed by atoms with Crippen LogP contribution >= 0.6 is 0 Å². The molecule has 0 fully saturated rings. The molecule has 0 bridgehead atoms. The standard InChI is InChI=1S/C11H15N5O2S/c1-3-10-13-7-11(16-10)19(17,18)14-6-9-4-5-12-8(2)15-9/h4-5,7,14H,3,6H2,1-2H3,(H,13,16). The average molecular weight is 281 g/mol. The third-order valence-electron chi connectivity index (χ3n) is 2.51. The number of imidazole rings is 1. The summed E-state index contributed by atoms with van der Waals surface area (Å²) in [6.45, 7) is 3.76. The van der Waals surface area contributed by atoms with Crippen LogP contribution in [0.25, 0.3) is 0 Å². The molecule has 2 rings (SSSR count). The highest BCUT2D eigenvalue weighted by Gasteiger charge is 2.16. The van der Waals surface area contributed by atoms with Gasteiger partial charge in [-0.1, -0.05) is 6.92 Å². The third-order valence-corrected chi connectivity index (χ3v) is 3.82. The Morgan fingerprint density at radius 2 is 2.16 bits per heavy atom. The van der Waals surface area contributed by atoms with Crippen molar-refractivity contribution in [3.8, 4) is 0 Å². The summed E-state index contributed by atoms with van der Waals surface area (Å²) in [6.07, 6.45) is 3.56. The van der Waals surface area contributed by atoms with E-state index < -0.39 is 10.0 Å². The number of hydrogen-bond donors (Lipinski definition) is 2. The molecular formula is C11H15N5O2S. The first-order chi connectivity index (χ1) is 9.01. The largest absolute Gasteiger partial charge is 0.332 e. The van der Waals surface area contributed by atoms with Crippen molar-refractivity contribution >= 4 is 10.0 Å². The van der Waals surface area contributed by atoms with Crippen LogP contribution in [-0.2, 0) is 23.0 Å². The summed E-state index contributed by atoms with van der Waals surface area (Å²) in [6, 6.07) is 1.67. The molecule has 102 valence electrons. The Labute approximate surface area is 111 Å². The van der Waals surface area contributed by atoms with E-state index >= 15 is 0 Å². The molecule has 19 heavy (non-hydrogen) atoms. The molecule has 0 saturated carbocycles. The maximum Gasteiger partial charge on any atom is 0.257 e. The fourth-order valence-corrected chi connectivity index (χ4v) is 2.45. The number of hydrogen-bond acceptors (Lipinski definition) is 5. The smallest absolute Gasteiger partial charge is 0.257 e. The van der Waals surface area contributed by atoms with E-state index in [9.17, 15) is 8.42 Å². The van der Waals surface area contributed by atoms with Gasteiger partial charge in [0.15, 0.2) is 5.03 Å². The molecule has 0 aliphatic carbocycles. The predicted molar refractivity (Wildman–Crippen MR) is 68.8 cm³/mol. The van der Waals surface area contributed by atoms with Gasteiger partial charge in [-0.15, -0.1) is 0 Å². The van der Waals surface area contributed by atoms with Crippen LogP contribution in [0.4, 0.5) is 0 Å². The number of nitrogens with one attached hydrogen (secondary N) is 2. The van der Waals surface area contributed by atoms with Crippen LogP contribution < -0.4 is 4.72 Å². The molecule has 0 spiro atoms. The lowest BCUT2D eigenvalue weighted by Crippen LogP contribution is -2.24. The Bertz CT molecular complexity index is 665. The van der Waals surface area contributed by atoms with E-state index in [2.05, 4.69) is 24.7 Å². The van der Waals surface area contributed by atoms with E-state index in [1.54, 1.807) is 19.2 Å². The van der Waals surface area contributed by atoms with Crippen molar-refractivity contribution in [1.82, 2.24) is 24.7 Å². The molecule has 8 heteroatoms. The lowest BCUT2D eigenvalue weighted by Gasteiger charge is -2.04. The number of aromatic nitrogens is 4. The molecule has 2 heterocycles. The molecule has 0 saturated heterocycles. The van der Waals surface area contributed by atoms with Crippen molar-refractivity contribution in [3.05, 3.63) is 35.8 Å². The van der Waals surface area contributed by atoms with E-state index in [-0.39, 0.29) is 11.6 Å². The van der Waals surface area contributed by atoms with Gasteiger partial charge >= 0.3 is 0 Å². The highest BCUT2D eigenvalue weighted by molar-refractivity contribution is 7.89. The van der Waals surface area contributed by atoms with Gasteiger partial charge in [0.05, 0.1) is 18.4 Å². The molecule has 2 N–H and O–H groups in total. The summed E-state index contributed by atoms with van der Waals surface area (Å²) in [4.78, 5) is 14.8. The molecular weight excluding hydrogens is 266 g/mol. The second-order valence-corrected chi connectivity index (χ2v) is 5.70. The molecule has 0 amide bonds. The quantitative estimate of drug-likeness (QED) is 0.833. The Balaban J connectivity index is 2.09.